The summed E-state index contributed by atoms with van der Waals surface area (Å²) < 4.78 is 21.2. The van der Waals surface area contributed by atoms with Crippen LogP contribution in [-0.4, -0.2) is 48.5 Å². The maximum absolute atomic E-state index is 15.3. The quantitative estimate of drug-likeness (QED) is 0.506. The van der Waals surface area contributed by atoms with Gasteiger partial charge in [0.05, 0.1) is 6.54 Å². The Morgan fingerprint density at radius 2 is 1.68 bits per heavy atom. The number of hydrogen-bond donors (Lipinski definition) is 1. The van der Waals surface area contributed by atoms with Gasteiger partial charge in [0.1, 0.15) is 17.5 Å². The van der Waals surface area contributed by atoms with Crippen molar-refractivity contribution in [3.63, 3.8) is 0 Å². The summed E-state index contributed by atoms with van der Waals surface area (Å²) in [5, 5.41) is 3.28. The molecule has 3 heterocycles. The maximum Gasteiger partial charge on any atom is 0.326 e. The Balaban J connectivity index is 1.27. The standard InChI is InChI=1S/C29H29FN6O/c1-19-14-21-8-9-24(28(30)23(21)15-19)37-29-33-26(32-25-16-20(2)18-31-25)17-27(34-29)36-12-10-35(11-13-36)22-6-4-3-5-7-22/h3-9,15-17H,10-14,18H2,1-2H3,(H,31,32,33,34). The molecule has 7 nitrogen and oxygen atoms in total. The average molecular weight is 497 g/mol. The molecule has 0 bridgehead atoms. The third-order valence-corrected chi connectivity index (χ3v) is 6.85. The Bertz CT molecular complexity index is 1420. The smallest absolute Gasteiger partial charge is 0.326 e. The zero-order valence-corrected chi connectivity index (χ0v) is 21.0. The van der Waals surface area contributed by atoms with Crippen LogP contribution in [0.4, 0.5) is 21.7 Å². The SMILES string of the molecule is CC1=CC(Nc2cc(N3CCN(c4ccccc4)CC3)nc(Oc3ccc4c(c3F)C=C(C)C4)n2)=NC1. The molecule has 188 valence electrons. The van der Waals surface area contributed by atoms with Gasteiger partial charge in [-0.15, -0.1) is 0 Å². The topological polar surface area (TPSA) is 65.9 Å². The Kier molecular flexibility index (Phi) is 6.08. The molecule has 0 saturated carbocycles. The van der Waals surface area contributed by atoms with E-state index in [1.54, 1.807) is 6.07 Å². The van der Waals surface area contributed by atoms with E-state index in [2.05, 4.69) is 54.3 Å². The second kappa shape index (κ2) is 9.69. The summed E-state index contributed by atoms with van der Waals surface area (Å²) in [5.41, 5.74) is 5.08. The van der Waals surface area contributed by atoms with Gasteiger partial charge in [-0.05, 0) is 55.7 Å². The fourth-order valence-electron chi connectivity index (χ4n) is 4.96. The third kappa shape index (κ3) is 4.91. The number of hydrogen-bond acceptors (Lipinski definition) is 7. The summed E-state index contributed by atoms with van der Waals surface area (Å²) >= 11 is 0. The van der Waals surface area contributed by atoms with Crippen LogP contribution < -0.4 is 19.9 Å². The van der Waals surface area contributed by atoms with Crippen molar-refractivity contribution in [2.75, 3.05) is 47.8 Å². The van der Waals surface area contributed by atoms with E-state index in [4.69, 9.17) is 4.74 Å². The van der Waals surface area contributed by atoms with Gasteiger partial charge in [-0.1, -0.05) is 35.9 Å². The summed E-state index contributed by atoms with van der Waals surface area (Å²) in [7, 11) is 0. The molecule has 6 rings (SSSR count). The molecular formula is C29H29FN6O. The number of piperazine rings is 1. The van der Waals surface area contributed by atoms with E-state index in [0.29, 0.717) is 17.9 Å². The Morgan fingerprint density at radius 1 is 0.892 bits per heavy atom. The van der Waals surface area contributed by atoms with Gasteiger partial charge in [-0.25, -0.2) is 4.39 Å². The number of para-hydroxylation sites is 1. The normalized spacial score (nSPS) is 16.8. The lowest BCUT2D eigenvalue weighted by molar-refractivity contribution is 0.410. The summed E-state index contributed by atoms with van der Waals surface area (Å²) in [6.45, 7) is 8.03. The van der Waals surface area contributed by atoms with Crippen molar-refractivity contribution in [1.82, 2.24) is 9.97 Å². The Hall–Kier alpha value is -4.20. The van der Waals surface area contributed by atoms with Gasteiger partial charge < -0.3 is 19.9 Å². The molecule has 8 heteroatoms. The van der Waals surface area contributed by atoms with Gasteiger partial charge in [0, 0.05) is 43.5 Å². The van der Waals surface area contributed by atoms with E-state index < -0.39 is 0 Å². The molecular weight excluding hydrogens is 467 g/mol. The predicted molar refractivity (Wildman–Crippen MR) is 146 cm³/mol. The first-order valence-electron chi connectivity index (χ1n) is 12.6. The minimum atomic E-state index is -0.381. The molecule has 37 heavy (non-hydrogen) atoms. The van der Waals surface area contributed by atoms with Crippen LogP contribution >= 0.6 is 0 Å². The number of anilines is 3. The molecule has 0 amide bonds. The monoisotopic (exact) mass is 496 g/mol. The van der Waals surface area contributed by atoms with Crippen LogP contribution in [0.25, 0.3) is 6.08 Å². The fraction of sp³-hybridized carbons (Fsp3) is 0.276. The molecule has 0 unspecified atom stereocenters. The molecule has 3 aromatic rings. The average Bonchev–Trinajstić information content (AvgIpc) is 3.51. The summed E-state index contributed by atoms with van der Waals surface area (Å²) in [6.07, 6.45) is 4.63. The minimum absolute atomic E-state index is 0.0994. The number of nitrogens with one attached hydrogen (secondary N) is 1. The highest BCUT2D eigenvalue weighted by atomic mass is 19.1. The van der Waals surface area contributed by atoms with E-state index in [1.807, 2.05) is 44.2 Å². The van der Waals surface area contributed by atoms with Gasteiger partial charge in [-0.3, -0.25) is 4.99 Å². The van der Waals surface area contributed by atoms with Gasteiger partial charge in [0.25, 0.3) is 0 Å². The third-order valence-electron chi connectivity index (χ3n) is 6.85. The van der Waals surface area contributed by atoms with Crippen molar-refractivity contribution >= 4 is 29.2 Å². The van der Waals surface area contributed by atoms with Crippen molar-refractivity contribution in [1.29, 1.82) is 0 Å². The number of benzene rings is 2. The first kappa shape index (κ1) is 23.2. The highest BCUT2D eigenvalue weighted by molar-refractivity contribution is 6.05. The van der Waals surface area contributed by atoms with E-state index in [0.717, 1.165) is 55.4 Å². The molecule has 1 aliphatic carbocycles. The van der Waals surface area contributed by atoms with E-state index in [-0.39, 0.29) is 17.6 Å². The highest BCUT2D eigenvalue weighted by Gasteiger charge is 2.22. The van der Waals surface area contributed by atoms with Crippen LogP contribution in [0.2, 0.25) is 0 Å². The molecule has 1 fully saturated rings. The Morgan fingerprint density at radius 3 is 2.43 bits per heavy atom. The molecule has 1 aromatic heterocycles. The van der Waals surface area contributed by atoms with E-state index in [9.17, 15) is 0 Å². The summed E-state index contributed by atoms with van der Waals surface area (Å²) in [4.78, 5) is 18.3. The van der Waals surface area contributed by atoms with Crippen LogP contribution in [-0.2, 0) is 6.42 Å². The number of aromatic nitrogens is 2. The largest absolute Gasteiger partial charge is 0.421 e. The first-order chi connectivity index (χ1) is 18.0. The lowest BCUT2D eigenvalue weighted by atomic mass is 10.1. The maximum atomic E-state index is 15.3. The lowest BCUT2D eigenvalue weighted by Crippen LogP contribution is -2.46. The van der Waals surface area contributed by atoms with Crippen LogP contribution in [0.5, 0.6) is 11.8 Å². The van der Waals surface area contributed by atoms with Gasteiger partial charge in [0.15, 0.2) is 11.6 Å². The number of ether oxygens (including phenoxy) is 1. The predicted octanol–water partition coefficient (Wildman–Crippen LogP) is 5.46. The number of aliphatic imine (C=N–C) groups is 1. The molecule has 0 spiro atoms. The Labute approximate surface area is 216 Å². The molecule has 2 aliphatic heterocycles. The molecule has 2 aromatic carbocycles. The van der Waals surface area contributed by atoms with E-state index in [1.165, 1.54) is 11.3 Å². The molecule has 1 N–H and O–H groups in total. The molecule has 0 atom stereocenters. The van der Waals surface area contributed by atoms with Crippen LogP contribution in [0.1, 0.15) is 25.0 Å². The molecule has 3 aliphatic rings. The summed E-state index contributed by atoms with van der Waals surface area (Å²) in [5.74, 6) is 1.78. The van der Waals surface area contributed by atoms with Crippen molar-refractivity contribution in [3.05, 3.63) is 82.7 Å². The molecule has 1 saturated heterocycles. The first-order valence-corrected chi connectivity index (χ1v) is 12.6. The minimum Gasteiger partial charge on any atom is -0.421 e. The number of fused-ring (bicyclic) bond motifs is 1. The van der Waals surface area contributed by atoms with Gasteiger partial charge in [0.2, 0.25) is 0 Å². The van der Waals surface area contributed by atoms with Crippen molar-refractivity contribution in [2.45, 2.75) is 20.3 Å². The zero-order valence-electron chi connectivity index (χ0n) is 21.0. The second-order valence-electron chi connectivity index (χ2n) is 9.74. The number of amidine groups is 1. The van der Waals surface area contributed by atoms with Gasteiger partial charge in [-0.2, -0.15) is 9.97 Å². The van der Waals surface area contributed by atoms with Crippen LogP contribution in [0.15, 0.2) is 70.7 Å². The number of nitrogens with zero attached hydrogens (tertiary/aromatic N) is 5. The van der Waals surface area contributed by atoms with Crippen LogP contribution in [0, 0.1) is 5.82 Å². The fourth-order valence-corrected chi connectivity index (χ4v) is 4.96. The van der Waals surface area contributed by atoms with Crippen molar-refractivity contribution < 1.29 is 9.13 Å². The number of rotatable bonds is 5. The number of halogens is 1. The lowest BCUT2D eigenvalue weighted by Gasteiger charge is -2.36. The highest BCUT2D eigenvalue weighted by Crippen LogP contribution is 2.34. The number of allylic oxidation sites excluding steroid dienone is 1. The zero-order chi connectivity index (χ0) is 25.4. The van der Waals surface area contributed by atoms with Crippen LogP contribution in [0.3, 0.4) is 0 Å². The molecule has 0 radical (unpaired) electrons. The van der Waals surface area contributed by atoms with Crippen molar-refractivity contribution in [3.8, 4) is 11.8 Å². The second-order valence-corrected chi connectivity index (χ2v) is 9.74. The van der Waals surface area contributed by atoms with Crippen molar-refractivity contribution in [2.24, 2.45) is 4.99 Å². The van der Waals surface area contributed by atoms with E-state index >= 15 is 4.39 Å². The van der Waals surface area contributed by atoms with Gasteiger partial charge >= 0.3 is 6.01 Å². The summed E-state index contributed by atoms with van der Waals surface area (Å²) in [6, 6.07) is 16.0.